The number of aliphatic carboxylic acids is 2. The van der Waals surface area contributed by atoms with E-state index in [0.717, 1.165) is 41.8 Å². The molecule has 10 heteroatoms. The van der Waals surface area contributed by atoms with E-state index in [-0.39, 0.29) is 17.5 Å². The van der Waals surface area contributed by atoms with Crippen LogP contribution in [-0.2, 0) is 22.4 Å². The number of hydrogen-bond donors (Lipinski definition) is 2. The van der Waals surface area contributed by atoms with Gasteiger partial charge < -0.3 is 19.8 Å². The predicted octanol–water partition coefficient (Wildman–Crippen LogP) is 3.18. The maximum atomic E-state index is 13.8. The maximum Gasteiger partial charge on any atom is 0.328 e. The van der Waals surface area contributed by atoms with Crippen LogP contribution in [0.5, 0.6) is 5.75 Å². The van der Waals surface area contributed by atoms with Gasteiger partial charge in [-0.25, -0.2) is 14.0 Å². The minimum Gasteiger partial charge on any atom is -0.489 e. The molecule has 2 N–H and O–H groups in total. The Morgan fingerprint density at radius 1 is 1.05 bits per heavy atom. The molecule has 2 aromatic carbocycles. The zero-order valence-corrected chi connectivity index (χ0v) is 20.7. The van der Waals surface area contributed by atoms with Crippen molar-refractivity contribution < 1.29 is 28.9 Å². The Bertz CT molecular complexity index is 1350. The van der Waals surface area contributed by atoms with E-state index in [1.54, 1.807) is 12.1 Å². The van der Waals surface area contributed by atoms with Gasteiger partial charge in [0.25, 0.3) is 5.56 Å². The van der Waals surface area contributed by atoms with Gasteiger partial charge in [0.15, 0.2) is 0 Å². The number of benzene rings is 2. The molecule has 0 fully saturated rings. The Morgan fingerprint density at radius 3 is 2.27 bits per heavy atom. The summed E-state index contributed by atoms with van der Waals surface area (Å²) in [4.78, 5) is 33.8. The van der Waals surface area contributed by atoms with E-state index in [0.29, 0.717) is 23.5 Å². The Labute approximate surface area is 213 Å². The van der Waals surface area contributed by atoms with Gasteiger partial charge in [0, 0.05) is 30.3 Å². The van der Waals surface area contributed by atoms with Crippen LogP contribution in [-0.4, -0.2) is 63.6 Å². The number of carboxylic acids is 2. The molecule has 3 aromatic rings. The molecule has 0 saturated heterocycles. The summed E-state index contributed by atoms with van der Waals surface area (Å²) in [7, 11) is 4.00. The number of carboxylic acid groups (broad SMARTS) is 2. The zero-order valence-electron chi connectivity index (χ0n) is 20.7. The number of aromatic nitrogens is 2. The van der Waals surface area contributed by atoms with Gasteiger partial charge in [-0.1, -0.05) is 6.07 Å². The molecule has 0 amide bonds. The van der Waals surface area contributed by atoms with E-state index in [9.17, 15) is 18.8 Å². The Kier molecular flexibility index (Phi) is 8.91. The van der Waals surface area contributed by atoms with Crippen molar-refractivity contribution >= 4 is 11.9 Å². The molecular weight excluding hydrogens is 481 g/mol. The fourth-order valence-corrected chi connectivity index (χ4v) is 3.94. The van der Waals surface area contributed by atoms with Crippen molar-refractivity contribution in [1.82, 2.24) is 14.7 Å². The molecule has 0 saturated carbocycles. The van der Waals surface area contributed by atoms with Crippen LogP contribution in [0.25, 0.3) is 16.9 Å². The summed E-state index contributed by atoms with van der Waals surface area (Å²) < 4.78 is 21.1. The molecule has 0 radical (unpaired) electrons. The highest BCUT2D eigenvalue weighted by molar-refractivity contribution is 5.89. The first-order valence-corrected chi connectivity index (χ1v) is 11.5. The average molecular weight is 510 g/mol. The molecule has 0 spiro atoms. The van der Waals surface area contributed by atoms with Crippen molar-refractivity contribution in [3.05, 3.63) is 88.0 Å². The van der Waals surface area contributed by atoms with E-state index in [1.165, 1.54) is 16.8 Å². The van der Waals surface area contributed by atoms with Crippen LogP contribution in [0.2, 0.25) is 0 Å². The third kappa shape index (κ3) is 7.58. The highest BCUT2D eigenvalue weighted by Crippen LogP contribution is 2.31. The summed E-state index contributed by atoms with van der Waals surface area (Å²) >= 11 is 0. The second-order valence-corrected chi connectivity index (χ2v) is 8.76. The van der Waals surface area contributed by atoms with Crippen LogP contribution in [0.4, 0.5) is 4.39 Å². The van der Waals surface area contributed by atoms with Gasteiger partial charge in [-0.3, -0.25) is 4.79 Å². The number of aryl methyl sites for hydroxylation is 2. The first-order valence-electron chi connectivity index (χ1n) is 11.5. The van der Waals surface area contributed by atoms with Crippen LogP contribution in [0.1, 0.15) is 18.1 Å². The lowest BCUT2D eigenvalue weighted by Gasteiger charge is -2.20. The quantitative estimate of drug-likeness (QED) is 0.466. The number of nitrogens with zero attached hydrogens (tertiary/aromatic N) is 3. The lowest BCUT2D eigenvalue weighted by Crippen LogP contribution is -2.28. The molecule has 1 unspecified atom stereocenters. The summed E-state index contributed by atoms with van der Waals surface area (Å²) in [6.45, 7) is 2.82. The van der Waals surface area contributed by atoms with Gasteiger partial charge >= 0.3 is 11.9 Å². The summed E-state index contributed by atoms with van der Waals surface area (Å²) in [6, 6.07) is 13.7. The minimum absolute atomic E-state index is 0.0480. The number of ether oxygens (including phenoxy) is 1. The van der Waals surface area contributed by atoms with E-state index in [1.807, 2.05) is 45.3 Å². The maximum absolute atomic E-state index is 13.8. The number of carbonyl (C=O) groups is 2. The van der Waals surface area contributed by atoms with E-state index in [4.69, 9.17) is 14.9 Å². The largest absolute Gasteiger partial charge is 0.489 e. The van der Waals surface area contributed by atoms with Gasteiger partial charge in [0.2, 0.25) is 0 Å². The van der Waals surface area contributed by atoms with Crippen molar-refractivity contribution in [1.29, 1.82) is 0 Å². The molecule has 0 bridgehead atoms. The summed E-state index contributed by atoms with van der Waals surface area (Å²) in [5, 5.41) is 20.2. The van der Waals surface area contributed by atoms with Gasteiger partial charge in [-0.05, 0) is 81.4 Å². The lowest BCUT2D eigenvalue weighted by atomic mass is 9.89. The van der Waals surface area contributed by atoms with Crippen molar-refractivity contribution in [3.8, 4) is 22.7 Å². The van der Waals surface area contributed by atoms with Gasteiger partial charge in [-0.15, -0.1) is 0 Å². The standard InChI is InChI=1S/C23H24FN3O2.C4H4O4/c1-15(14-26(2)3)29-20-10-8-19(9-11-20)27-22(28)12-17-5-4-16-6-7-18(24)13-21(16)23(17)25-27;5-3(6)1-2-4(7)8/h6-13,15H,4-5,14H2,1-3H3;1-2H,(H,5,6)(H,7,8). The van der Waals surface area contributed by atoms with Crippen LogP contribution in [0.3, 0.4) is 0 Å². The third-order valence-corrected chi connectivity index (χ3v) is 5.41. The normalized spacial score (nSPS) is 12.8. The monoisotopic (exact) mass is 509 g/mol. The van der Waals surface area contributed by atoms with Crippen molar-refractivity contribution in [2.45, 2.75) is 25.9 Å². The van der Waals surface area contributed by atoms with Crippen molar-refractivity contribution in [3.63, 3.8) is 0 Å². The van der Waals surface area contributed by atoms with Crippen LogP contribution < -0.4 is 10.3 Å². The SMILES string of the molecule is CC(CN(C)C)Oc1ccc(-n2nc3c(cc2=O)CCc2ccc(F)cc2-3)cc1.O=C(O)C=CC(=O)O. The smallest absolute Gasteiger partial charge is 0.328 e. The van der Waals surface area contributed by atoms with Gasteiger partial charge in [0.05, 0.1) is 11.4 Å². The van der Waals surface area contributed by atoms with Crippen LogP contribution in [0.15, 0.2) is 65.5 Å². The van der Waals surface area contributed by atoms with E-state index >= 15 is 0 Å². The highest BCUT2D eigenvalue weighted by Gasteiger charge is 2.20. The third-order valence-electron chi connectivity index (χ3n) is 5.41. The Balaban J connectivity index is 0.000000414. The van der Waals surface area contributed by atoms with Crippen molar-refractivity contribution in [2.24, 2.45) is 0 Å². The topological polar surface area (TPSA) is 122 Å². The number of fused-ring (bicyclic) bond motifs is 3. The highest BCUT2D eigenvalue weighted by atomic mass is 19.1. The number of hydrogen-bond acceptors (Lipinski definition) is 6. The second-order valence-electron chi connectivity index (χ2n) is 8.76. The van der Waals surface area contributed by atoms with E-state index < -0.39 is 11.9 Å². The molecule has 4 rings (SSSR count). The molecule has 1 aromatic heterocycles. The Morgan fingerprint density at radius 2 is 1.68 bits per heavy atom. The molecule has 9 nitrogen and oxygen atoms in total. The van der Waals surface area contributed by atoms with Gasteiger partial charge in [0.1, 0.15) is 17.7 Å². The Hall–Kier alpha value is -4.31. The molecule has 37 heavy (non-hydrogen) atoms. The minimum atomic E-state index is -1.26. The van der Waals surface area contributed by atoms with Gasteiger partial charge in [-0.2, -0.15) is 9.78 Å². The molecule has 0 aliphatic heterocycles. The first-order chi connectivity index (χ1) is 17.5. The van der Waals surface area contributed by atoms with Crippen molar-refractivity contribution in [2.75, 3.05) is 20.6 Å². The number of likely N-dealkylation sites (N-methyl/N-ethyl adjacent to an activating group) is 1. The molecule has 1 atom stereocenters. The average Bonchev–Trinajstić information content (AvgIpc) is 2.82. The van der Waals surface area contributed by atoms with E-state index in [2.05, 4.69) is 10.00 Å². The lowest BCUT2D eigenvalue weighted by molar-refractivity contribution is -0.134. The fraction of sp³-hybridized carbons (Fsp3) is 0.259. The first kappa shape index (κ1) is 27.3. The predicted molar refractivity (Wildman–Crippen MR) is 136 cm³/mol. The summed E-state index contributed by atoms with van der Waals surface area (Å²) in [6.07, 6.45) is 2.68. The fourth-order valence-electron chi connectivity index (χ4n) is 3.94. The summed E-state index contributed by atoms with van der Waals surface area (Å²) in [5.74, 6) is -2.08. The molecule has 1 heterocycles. The zero-order chi connectivity index (χ0) is 27.1. The van der Waals surface area contributed by atoms with Crippen LogP contribution in [0, 0.1) is 5.82 Å². The summed E-state index contributed by atoms with van der Waals surface area (Å²) in [5.41, 5.74) is 3.80. The molecule has 194 valence electrons. The van der Waals surface area contributed by atoms with Crippen LogP contribution >= 0.6 is 0 Å². The number of halogens is 1. The number of rotatable bonds is 7. The molecule has 1 aliphatic rings. The molecular formula is C27H28FN3O6. The second kappa shape index (κ2) is 12.1. The molecule has 1 aliphatic carbocycles.